The first-order valence-corrected chi connectivity index (χ1v) is 11.2. The van der Waals surface area contributed by atoms with Crippen molar-refractivity contribution in [2.75, 3.05) is 30.9 Å². The maximum Gasteiger partial charge on any atom is 0.219 e. The third-order valence-electron chi connectivity index (χ3n) is 3.18. The number of rotatable bonds is 6. The number of hydrogen-bond acceptors (Lipinski definition) is 6. The van der Waals surface area contributed by atoms with Gasteiger partial charge in [-0.2, -0.15) is 16.1 Å². The Morgan fingerprint density at radius 3 is 2.35 bits per heavy atom. The van der Waals surface area contributed by atoms with Crippen LogP contribution in [0.1, 0.15) is 20.8 Å². The summed E-state index contributed by atoms with van der Waals surface area (Å²) in [6, 6.07) is 0.190. The Morgan fingerprint density at radius 1 is 1.25 bits per heavy atom. The van der Waals surface area contributed by atoms with Crippen LogP contribution in [0.25, 0.3) is 0 Å². The monoisotopic (exact) mass is 344 g/mol. The molecule has 20 heavy (non-hydrogen) atoms. The third kappa shape index (κ3) is 4.59. The minimum atomic E-state index is -3.61. The van der Waals surface area contributed by atoms with E-state index < -0.39 is 30.5 Å². The van der Waals surface area contributed by atoms with Crippen LogP contribution in [0.4, 0.5) is 0 Å². The molecule has 0 spiro atoms. The van der Waals surface area contributed by atoms with Crippen LogP contribution in [0.3, 0.4) is 0 Å². The second-order valence-electron chi connectivity index (χ2n) is 5.39. The van der Waals surface area contributed by atoms with Gasteiger partial charge in [0.15, 0.2) is 9.84 Å². The van der Waals surface area contributed by atoms with Gasteiger partial charge in [0.05, 0.1) is 5.25 Å². The van der Waals surface area contributed by atoms with E-state index in [-0.39, 0.29) is 12.6 Å². The zero-order chi connectivity index (χ0) is 15.6. The fraction of sp³-hybridized carbons (Fsp3) is 1.00. The molecular formula is C11H24N2O4S3. The zero-order valence-corrected chi connectivity index (χ0v) is 14.8. The van der Waals surface area contributed by atoms with Crippen molar-refractivity contribution in [2.24, 2.45) is 0 Å². The van der Waals surface area contributed by atoms with Crippen LogP contribution in [0.15, 0.2) is 0 Å². The lowest BCUT2D eigenvalue weighted by atomic mass is 10.3. The van der Waals surface area contributed by atoms with Crippen LogP contribution in [0.2, 0.25) is 0 Å². The van der Waals surface area contributed by atoms with Crippen LogP contribution >= 0.6 is 11.8 Å². The quantitative estimate of drug-likeness (QED) is 0.737. The highest BCUT2D eigenvalue weighted by Crippen LogP contribution is 2.25. The van der Waals surface area contributed by atoms with Crippen molar-refractivity contribution in [1.82, 2.24) is 9.62 Å². The largest absolute Gasteiger partial charge is 0.313 e. The van der Waals surface area contributed by atoms with Gasteiger partial charge in [-0.25, -0.2) is 16.8 Å². The summed E-state index contributed by atoms with van der Waals surface area (Å²) in [5.74, 6) is 0.942. The molecule has 1 N–H and O–H groups in total. The molecule has 9 heteroatoms. The molecule has 0 saturated carbocycles. The number of thioether (sulfide) groups is 1. The minimum absolute atomic E-state index is 0.190. The number of sulfone groups is 1. The van der Waals surface area contributed by atoms with Gasteiger partial charge in [0, 0.05) is 36.9 Å². The molecule has 0 aromatic heterocycles. The molecule has 0 bridgehead atoms. The second-order valence-corrected chi connectivity index (χ2v) is 11.0. The van der Waals surface area contributed by atoms with Gasteiger partial charge in [-0.3, -0.25) is 0 Å². The van der Waals surface area contributed by atoms with E-state index in [0.29, 0.717) is 18.1 Å². The molecule has 6 nitrogen and oxygen atoms in total. The van der Waals surface area contributed by atoms with Crippen molar-refractivity contribution in [3.05, 3.63) is 0 Å². The first-order chi connectivity index (χ1) is 9.06. The molecule has 120 valence electrons. The molecule has 0 amide bonds. The Bertz CT molecular complexity index is 516. The van der Waals surface area contributed by atoms with Crippen molar-refractivity contribution in [3.63, 3.8) is 0 Å². The molecule has 0 aromatic carbocycles. The Labute approximate surface area is 126 Å². The van der Waals surface area contributed by atoms with Gasteiger partial charge in [-0.05, 0) is 6.92 Å². The Balaban J connectivity index is 2.93. The van der Waals surface area contributed by atoms with E-state index in [0.717, 1.165) is 6.26 Å². The van der Waals surface area contributed by atoms with Crippen molar-refractivity contribution >= 4 is 31.6 Å². The molecule has 1 fully saturated rings. The summed E-state index contributed by atoms with van der Waals surface area (Å²) in [6.07, 6.45) is 1.10. The highest BCUT2D eigenvalue weighted by Gasteiger charge is 2.40. The van der Waals surface area contributed by atoms with Crippen molar-refractivity contribution in [3.8, 4) is 0 Å². The molecule has 1 saturated heterocycles. The SMILES string of the molecule is CC(C)NCC(C)S(=O)(=O)N1CCSCC1S(C)(=O)=O. The van der Waals surface area contributed by atoms with E-state index in [1.807, 2.05) is 13.8 Å². The molecule has 0 aromatic rings. The topological polar surface area (TPSA) is 83.6 Å². The molecule has 1 aliphatic heterocycles. The highest BCUT2D eigenvalue weighted by atomic mass is 32.2. The van der Waals surface area contributed by atoms with Crippen molar-refractivity contribution in [1.29, 1.82) is 0 Å². The molecule has 0 aliphatic carbocycles. The molecule has 1 rings (SSSR count). The maximum absolute atomic E-state index is 12.6. The minimum Gasteiger partial charge on any atom is -0.313 e. The van der Waals surface area contributed by atoms with E-state index in [4.69, 9.17) is 0 Å². The van der Waals surface area contributed by atoms with Crippen molar-refractivity contribution < 1.29 is 16.8 Å². The van der Waals surface area contributed by atoms with Crippen molar-refractivity contribution in [2.45, 2.75) is 37.4 Å². The molecular weight excluding hydrogens is 320 g/mol. The predicted molar refractivity (Wildman–Crippen MR) is 84.2 cm³/mol. The second kappa shape index (κ2) is 6.95. The maximum atomic E-state index is 12.6. The Morgan fingerprint density at radius 2 is 1.85 bits per heavy atom. The lowest BCUT2D eigenvalue weighted by Gasteiger charge is -2.35. The third-order valence-corrected chi connectivity index (χ3v) is 8.23. The van der Waals surface area contributed by atoms with Gasteiger partial charge in [-0.1, -0.05) is 13.8 Å². The standard InChI is InChI=1S/C11H24N2O4S3/c1-9(2)12-7-10(3)20(16,17)13-5-6-18-8-11(13)19(4,14)15/h9-12H,5-8H2,1-4H3. The van der Waals surface area contributed by atoms with Gasteiger partial charge in [0.25, 0.3) is 0 Å². The van der Waals surface area contributed by atoms with E-state index >= 15 is 0 Å². The van der Waals surface area contributed by atoms with E-state index in [9.17, 15) is 16.8 Å². The van der Waals surface area contributed by atoms with Gasteiger partial charge in [-0.15, -0.1) is 0 Å². The average molecular weight is 345 g/mol. The molecule has 1 aliphatic rings. The summed E-state index contributed by atoms with van der Waals surface area (Å²) >= 11 is 1.48. The molecule has 2 unspecified atom stereocenters. The lowest BCUT2D eigenvalue weighted by Crippen LogP contribution is -2.53. The van der Waals surface area contributed by atoms with E-state index in [1.165, 1.54) is 16.1 Å². The summed E-state index contributed by atoms with van der Waals surface area (Å²) in [6.45, 7) is 6.08. The fourth-order valence-corrected chi connectivity index (χ4v) is 7.17. The Kier molecular flexibility index (Phi) is 6.33. The summed E-state index contributed by atoms with van der Waals surface area (Å²) < 4.78 is 49.9. The van der Waals surface area contributed by atoms with E-state index in [2.05, 4.69) is 5.32 Å². The van der Waals surface area contributed by atoms with Gasteiger partial charge < -0.3 is 5.32 Å². The Hall–Kier alpha value is 0.170. The summed E-state index contributed by atoms with van der Waals surface area (Å²) in [4.78, 5) is 0. The van der Waals surface area contributed by atoms with Crippen LogP contribution in [0.5, 0.6) is 0 Å². The fourth-order valence-electron chi connectivity index (χ4n) is 1.93. The van der Waals surface area contributed by atoms with Crippen LogP contribution in [0, 0.1) is 0 Å². The molecule has 1 heterocycles. The van der Waals surface area contributed by atoms with Gasteiger partial charge >= 0.3 is 0 Å². The number of nitrogens with zero attached hydrogens (tertiary/aromatic N) is 1. The number of sulfonamides is 1. The first kappa shape index (κ1) is 18.2. The zero-order valence-electron chi connectivity index (χ0n) is 12.4. The summed E-state index contributed by atoms with van der Waals surface area (Å²) in [7, 11) is -7.03. The van der Waals surface area contributed by atoms with Crippen LogP contribution in [-0.4, -0.2) is 68.7 Å². The first-order valence-electron chi connectivity index (χ1n) is 6.57. The summed E-state index contributed by atoms with van der Waals surface area (Å²) in [5.41, 5.74) is 0. The van der Waals surface area contributed by atoms with Crippen LogP contribution < -0.4 is 5.32 Å². The molecule has 2 atom stereocenters. The predicted octanol–water partition coefficient (Wildman–Crippen LogP) is 0.122. The number of nitrogens with one attached hydrogen (secondary N) is 1. The van der Waals surface area contributed by atoms with Gasteiger partial charge in [0.1, 0.15) is 5.37 Å². The highest BCUT2D eigenvalue weighted by molar-refractivity contribution is 8.01. The van der Waals surface area contributed by atoms with E-state index in [1.54, 1.807) is 6.92 Å². The smallest absolute Gasteiger partial charge is 0.219 e. The summed E-state index contributed by atoms with van der Waals surface area (Å²) in [5, 5.41) is 1.50. The van der Waals surface area contributed by atoms with Crippen LogP contribution in [-0.2, 0) is 19.9 Å². The average Bonchev–Trinajstić information content (AvgIpc) is 2.34. The number of hydrogen-bond donors (Lipinski definition) is 1. The molecule has 0 radical (unpaired) electrons. The van der Waals surface area contributed by atoms with Gasteiger partial charge in [0.2, 0.25) is 10.0 Å². The lowest BCUT2D eigenvalue weighted by molar-refractivity contribution is 0.396. The normalized spacial score (nSPS) is 23.9.